The Morgan fingerprint density at radius 1 is 1.37 bits per heavy atom. The van der Waals surface area contributed by atoms with Gasteiger partial charge in [-0.15, -0.1) is 0 Å². The maximum atomic E-state index is 9.29. The van der Waals surface area contributed by atoms with Crippen LogP contribution in [0.15, 0.2) is 0 Å². The lowest BCUT2D eigenvalue weighted by Gasteiger charge is -2.42. The van der Waals surface area contributed by atoms with Crippen molar-refractivity contribution in [2.45, 2.75) is 58.7 Å². The van der Waals surface area contributed by atoms with Gasteiger partial charge < -0.3 is 15.6 Å². The second-order valence-electron chi connectivity index (χ2n) is 7.24. The third-order valence-corrected chi connectivity index (χ3v) is 3.89. The molecule has 1 atom stereocenters. The van der Waals surface area contributed by atoms with E-state index in [1.165, 1.54) is 19.3 Å². The van der Waals surface area contributed by atoms with Crippen LogP contribution in [-0.2, 0) is 4.74 Å². The Morgan fingerprint density at radius 2 is 2.05 bits per heavy atom. The summed E-state index contributed by atoms with van der Waals surface area (Å²) >= 11 is 0. The quantitative estimate of drug-likeness (QED) is 0.691. The van der Waals surface area contributed by atoms with Gasteiger partial charge in [0.2, 0.25) is 0 Å². The highest BCUT2D eigenvalue weighted by Gasteiger charge is 2.32. The highest BCUT2D eigenvalue weighted by atomic mass is 16.5. The van der Waals surface area contributed by atoms with Gasteiger partial charge in [-0.2, -0.15) is 0 Å². The van der Waals surface area contributed by atoms with Crippen LogP contribution in [0.4, 0.5) is 0 Å². The van der Waals surface area contributed by atoms with E-state index in [0.717, 1.165) is 26.2 Å². The summed E-state index contributed by atoms with van der Waals surface area (Å²) in [6.45, 7) is 12.4. The van der Waals surface area contributed by atoms with Crippen LogP contribution in [0.2, 0.25) is 0 Å². The van der Waals surface area contributed by atoms with Gasteiger partial charge >= 0.3 is 0 Å². The first-order chi connectivity index (χ1) is 8.78. The van der Waals surface area contributed by atoms with Gasteiger partial charge in [0.05, 0.1) is 18.3 Å². The third kappa shape index (κ3) is 6.21. The van der Waals surface area contributed by atoms with Crippen molar-refractivity contribution < 1.29 is 9.84 Å². The lowest BCUT2D eigenvalue weighted by atomic mass is 9.87. The summed E-state index contributed by atoms with van der Waals surface area (Å²) < 4.78 is 5.82. The largest absolute Gasteiger partial charge is 0.394 e. The number of ether oxygens (including phenoxy) is 1. The average molecular weight is 272 g/mol. The SMILES string of the molecule is CC(C)(CN)CCCCN1CC(CO)OC(C)(C)C1. The second-order valence-corrected chi connectivity index (χ2v) is 7.24. The van der Waals surface area contributed by atoms with Gasteiger partial charge in [-0.1, -0.05) is 20.3 Å². The standard InChI is InChI=1S/C15H32N2O2/c1-14(2,11-16)7-5-6-8-17-9-13(10-18)19-15(3,4)12-17/h13,18H,5-12,16H2,1-4H3. The molecule has 0 spiro atoms. The van der Waals surface area contributed by atoms with Gasteiger partial charge in [-0.05, 0) is 45.2 Å². The van der Waals surface area contributed by atoms with Crippen molar-refractivity contribution in [1.82, 2.24) is 4.90 Å². The number of nitrogens with two attached hydrogens (primary N) is 1. The molecule has 0 aromatic heterocycles. The van der Waals surface area contributed by atoms with Gasteiger partial charge in [0, 0.05) is 13.1 Å². The summed E-state index contributed by atoms with van der Waals surface area (Å²) in [7, 11) is 0. The molecular formula is C15H32N2O2. The maximum Gasteiger partial charge on any atom is 0.0940 e. The number of rotatable bonds is 7. The summed E-state index contributed by atoms with van der Waals surface area (Å²) in [6, 6.07) is 0. The summed E-state index contributed by atoms with van der Waals surface area (Å²) in [5, 5.41) is 9.29. The number of aliphatic hydroxyl groups is 1. The Labute approximate surface area is 118 Å². The van der Waals surface area contributed by atoms with Crippen molar-refractivity contribution >= 4 is 0 Å². The number of nitrogens with zero attached hydrogens (tertiary/aromatic N) is 1. The van der Waals surface area contributed by atoms with Crippen LogP contribution in [0.1, 0.15) is 47.0 Å². The molecule has 1 heterocycles. The van der Waals surface area contributed by atoms with E-state index in [0.29, 0.717) is 0 Å². The second kappa shape index (κ2) is 7.02. The molecular weight excluding hydrogens is 240 g/mol. The lowest BCUT2D eigenvalue weighted by Crippen LogP contribution is -2.53. The summed E-state index contributed by atoms with van der Waals surface area (Å²) in [4.78, 5) is 2.42. The number of morpholine rings is 1. The third-order valence-electron chi connectivity index (χ3n) is 3.89. The molecule has 3 N–H and O–H groups in total. The molecule has 114 valence electrons. The lowest BCUT2D eigenvalue weighted by molar-refractivity contribution is -0.148. The minimum atomic E-state index is -0.151. The van der Waals surface area contributed by atoms with Crippen molar-refractivity contribution in [3.8, 4) is 0 Å². The zero-order chi connectivity index (χ0) is 14.5. The first-order valence-electron chi connectivity index (χ1n) is 7.49. The Balaban J connectivity index is 2.29. The fourth-order valence-electron chi connectivity index (χ4n) is 2.72. The fourth-order valence-corrected chi connectivity index (χ4v) is 2.72. The van der Waals surface area contributed by atoms with E-state index in [-0.39, 0.29) is 23.7 Å². The predicted octanol–water partition coefficient (Wildman–Crippen LogP) is 1.61. The smallest absolute Gasteiger partial charge is 0.0940 e. The first kappa shape index (κ1) is 16.9. The van der Waals surface area contributed by atoms with Crippen molar-refractivity contribution in [3.05, 3.63) is 0 Å². The Hall–Kier alpha value is -0.160. The van der Waals surface area contributed by atoms with Gasteiger partial charge in [0.15, 0.2) is 0 Å². The normalized spacial score (nSPS) is 24.6. The summed E-state index contributed by atoms with van der Waals surface area (Å²) in [6.07, 6.45) is 3.55. The van der Waals surface area contributed by atoms with Crippen LogP contribution in [0.3, 0.4) is 0 Å². The van der Waals surface area contributed by atoms with E-state index < -0.39 is 0 Å². The Kier molecular flexibility index (Phi) is 6.24. The molecule has 0 saturated carbocycles. The van der Waals surface area contributed by atoms with E-state index in [1.54, 1.807) is 0 Å². The molecule has 1 unspecified atom stereocenters. The molecule has 0 bridgehead atoms. The summed E-state index contributed by atoms with van der Waals surface area (Å²) in [5.41, 5.74) is 5.86. The fraction of sp³-hybridized carbons (Fsp3) is 1.00. The first-order valence-corrected chi connectivity index (χ1v) is 7.49. The maximum absolute atomic E-state index is 9.29. The molecule has 0 radical (unpaired) electrons. The molecule has 0 aromatic rings. The Morgan fingerprint density at radius 3 is 2.63 bits per heavy atom. The monoisotopic (exact) mass is 272 g/mol. The topological polar surface area (TPSA) is 58.7 Å². The van der Waals surface area contributed by atoms with Gasteiger partial charge in [-0.25, -0.2) is 0 Å². The highest BCUT2D eigenvalue weighted by molar-refractivity contribution is 4.84. The number of unbranched alkanes of at least 4 members (excludes halogenated alkanes) is 1. The molecule has 0 aromatic carbocycles. The van der Waals surface area contributed by atoms with Crippen LogP contribution in [0.5, 0.6) is 0 Å². The van der Waals surface area contributed by atoms with Crippen molar-refractivity contribution in [2.24, 2.45) is 11.1 Å². The van der Waals surface area contributed by atoms with Crippen molar-refractivity contribution in [3.63, 3.8) is 0 Å². The van der Waals surface area contributed by atoms with E-state index in [1.807, 2.05) is 0 Å². The molecule has 1 aliphatic heterocycles. The molecule has 0 aliphatic carbocycles. The molecule has 1 fully saturated rings. The number of aliphatic hydroxyl groups excluding tert-OH is 1. The molecule has 1 aliphatic rings. The van der Waals surface area contributed by atoms with Crippen LogP contribution in [0, 0.1) is 5.41 Å². The van der Waals surface area contributed by atoms with Crippen molar-refractivity contribution in [1.29, 1.82) is 0 Å². The van der Waals surface area contributed by atoms with Crippen LogP contribution < -0.4 is 5.73 Å². The molecule has 19 heavy (non-hydrogen) atoms. The van der Waals surface area contributed by atoms with E-state index in [2.05, 4.69) is 32.6 Å². The predicted molar refractivity (Wildman–Crippen MR) is 79.2 cm³/mol. The van der Waals surface area contributed by atoms with E-state index >= 15 is 0 Å². The van der Waals surface area contributed by atoms with Gasteiger partial charge in [0.1, 0.15) is 0 Å². The van der Waals surface area contributed by atoms with Gasteiger partial charge in [0.25, 0.3) is 0 Å². The molecule has 0 amide bonds. The molecule has 4 nitrogen and oxygen atoms in total. The number of hydrogen-bond acceptors (Lipinski definition) is 4. The minimum absolute atomic E-state index is 0.0377. The van der Waals surface area contributed by atoms with Crippen molar-refractivity contribution in [2.75, 3.05) is 32.8 Å². The van der Waals surface area contributed by atoms with Crippen LogP contribution in [0.25, 0.3) is 0 Å². The molecule has 4 heteroatoms. The average Bonchev–Trinajstić information content (AvgIpc) is 2.33. The zero-order valence-electron chi connectivity index (χ0n) is 13.1. The number of hydrogen-bond donors (Lipinski definition) is 2. The molecule has 1 saturated heterocycles. The minimum Gasteiger partial charge on any atom is -0.394 e. The highest BCUT2D eigenvalue weighted by Crippen LogP contribution is 2.23. The zero-order valence-corrected chi connectivity index (χ0v) is 13.1. The molecule has 1 rings (SSSR count). The van der Waals surface area contributed by atoms with E-state index in [4.69, 9.17) is 10.5 Å². The van der Waals surface area contributed by atoms with Gasteiger partial charge in [-0.3, -0.25) is 4.90 Å². The Bertz CT molecular complexity index is 267. The van der Waals surface area contributed by atoms with E-state index in [9.17, 15) is 5.11 Å². The summed E-state index contributed by atoms with van der Waals surface area (Å²) in [5.74, 6) is 0. The van der Waals surface area contributed by atoms with Crippen LogP contribution in [-0.4, -0.2) is 54.5 Å². The van der Waals surface area contributed by atoms with Crippen LogP contribution >= 0.6 is 0 Å².